The molecule has 192 valence electrons. The number of methoxy groups -OCH3 is 1. The second-order valence-corrected chi connectivity index (χ2v) is 7.88. The van der Waals surface area contributed by atoms with Crippen LogP contribution in [0.25, 0.3) is 6.08 Å². The molecule has 3 aromatic carbocycles. The molecule has 0 amide bonds. The SMILES string of the molecule is COc1ccccc1/C=C1\Oc2cc(OC(=O)C(C)Oc3c(F)c(F)c(F)c(F)c3F)cc(C)c2C1=O. The summed E-state index contributed by atoms with van der Waals surface area (Å²) in [6.07, 6.45) is -0.280. The first kappa shape index (κ1) is 25.7. The normalized spacial score (nSPS) is 14.3. The lowest BCUT2D eigenvalue weighted by atomic mass is 10.0. The van der Waals surface area contributed by atoms with E-state index in [1.54, 1.807) is 31.2 Å². The number of halogens is 5. The van der Waals surface area contributed by atoms with Crippen molar-refractivity contribution in [3.8, 4) is 23.0 Å². The lowest BCUT2D eigenvalue weighted by molar-refractivity contribution is -0.141. The highest BCUT2D eigenvalue weighted by Crippen LogP contribution is 2.38. The number of Topliss-reactive ketones (excluding diaryl/α,β-unsaturated/α-hetero) is 1. The quantitative estimate of drug-likeness (QED) is 0.104. The van der Waals surface area contributed by atoms with E-state index in [4.69, 9.17) is 18.9 Å². The van der Waals surface area contributed by atoms with Crippen LogP contribution in [0.5, 0.6) is 23.0 Å². The van der Waals surface area contributed by atoms with E-state index in [9.17, 15) is 31.5 Å². The van der Waals surface area contributed by atoms with Crippen LogP contribution in [0.2, 0.25) is 0 Å². The molecule has 0 N–H and O–H groups in total. The van der Waals surface area contributed by atoms with Crippen molar-refractivity contribution in [2.75, 3.05) is 7.11 Å². The van der Waals surface area contributed by atoms with Gasteiger partial charge in [-0.1, -0.05) is 18.2 Å². The third-order valence-electron chi connectivity index (χ3n) is 5.38. The van der Waals surface area contributed by atoms with Crippen molar-refractivity contribution in [3.63, 3.8) is 0 Å². The molecule has 1 unspecified atom stereocenters. The minimum absolute atomic E-state index is 0.00547. The Bertz CT molecular complexity index is 1440. The summed E-state index contributed by atoms with van der Waals surface area (Å²) in [6, 6.07) is 9.52. The van der Waals surface area contributed by atoms with Crippen molar-refractivity contribution in [3.05, 3.63) is 87.9 Å². The number of carbonyl (C=O) groups excluding carboxylic acids is 2. The van der Waals surface area contributed by atoms with Crippen molar-refractivity contribution in [1.82, 2.24) is 0 Å². The first-order chi connectivity index (χ1) is 17.5. The number of ether oxygens (including phenoxy) is 4. The van der Waals surface area contributed by atoms with Crippen LogP contribution in [-0.4, -0.2) is 25.0 Å². The lowest BCUT2D eigenvalue weighted by Crippen LogP contribution is -2.29. The van der Waals surface area contributed by atoms with Gasteiger partial charge in [-0.3, -0.25) is 4.79 Å². The molecule has 0 fully saturated rings. The van der Waals surface area contributed by atoms with E-state index < -0.39 is 52.7 Å². The summed E-state index contributed by atoms with van der Waals surface area (Å²) in [7, 11) is 1.48. The average Bonchev–Trinajstić information content (AvgIpc) is 3.19. The summed E-state index contributed by atoms with van der Waals surface area (Å²) < 4.78 is 88.5. The second-order valence-electron chi connectivity index (χ2n) is 7.88. The van der Waals surface area contributed by atoms with Gasteiger partial charge in [0.2, 0.25) is 34.9 Å². The Labute approximate surface area is 206 Å². The first-order valence-corrected chi connectivity index (χ1v) is 10.6. The zero-order valence-electron chi connectivity index (χ0n) is 19.5. The topological polar surface area (TPSA) is 71.1 Å². The summed E-state index contributed by atoms with van der Waals surface area (Å²) in [5, 5.41) is 0. The number of aryl methyl sites for hydroxylation is 1. The molecule has 1 aliphatic heterocycles. The Morgan fingerprint density at radius 3 is 2.24 bits per heavy atom. The number of carbonyl (C=O) groups is 2. The van der Waals surface area contributed by atoms with Crippen LogP contribution in [0.1, 0.15) is 28.4 Å². The van der Waals surface area contributed by atoms with Gasteiger partial charge >= 0.3 is 5.97 Å². The number of hydrogen-bond donors (Lipinski definition) is 0. The van der Waals surface area contributed by atoms with Gasteiger partial charge in [0.25, 0.3) is 0 Å². The smallest absolute Gasteiger partial charge is 0.352 e. The molecular weight excluding hydrogens is 503 g/mol. The van der Waals surface area contributed by atoms with Crippen molar-refractivity contribution in [2.45, 2.75) is 20.0 Å². The van der Waals surface area contributed by atoms with E-state index in [0.717, 1.165) is 6.92 Å². The number of rotatable bonds is 6. The number of para-hydroxylation sites is 1. The third-order valence-corrected chi connectivity index (χ3v) is 5.38. The van der Waals surface area contributed by atoms with Gasteiger partial charge in [-0.25, -0.2) is 18.0 Å². The monoisotopic (exact) mass is 520 g/mol. The van der Waals surface area contributed by atoms with E-state index in [0.29, 0.717) is 16.9 Å². The molecule has 0 saturated heterocycles. The van der Waals surface area contributed by atoms with E-state index in [1.165, 1.54) is 25.3 Å². The average molecular weight is 520 g/mol. The van der Waals surface area contributed by atoms with Gasteiger partial charge in [-0.2, -0.15) is 8.78 Å². The van der Waals surface area contributed by atoms with Crippen LogP contribution >= 0.6 is 0 Å². The highest BCUT2D eigenvalue weighted by atomic mass is 19.2. The Morgan fingerprint density at radius 1 is 0.973 bits per heavy atom. The van der Waals surface area contributed by atoms with Crippen LogP contribution in [-0.2, 0) is 4.79 Å². The van der Waals surface area contributed by atoms with Crippen molar-refractivity contribution in [2.24, 2.45) is 0 Å². The Balaban J connectivity index is 1.55. The summed E-state index contributed by atoms with van der Waals surface area (Å²) in [5.41, 5.74) is 1.21. The molecule has 4 rings (SSSR count). The zero-order valence-corrected chi connectivity index (χ0v) is 19.5. The molecule has 0 aromatic heterocycles. The van der Waals surface area contributed by atoms with Crippen molar-refractivity contribution < 1.29 is 50.5 Å². The minimum atomic E-state index is -2.36. The molecule has 11 heteroatoms. The maximum atomic E-state index is 13.9. The molecule has 0 bridgehead atoms. The number of allylic oxidation sites excluding steroid dienone is 1. The Kier molecular flexibility index (Phi) is 6.88. The van der Waals surface area contributed by atoms with Gasteiger partial charge in [0, 0.05) is 11.6 Å². The first-order valence-electron chi connectivity index (χ1n) is 10.6. The highest BCUT2D eigenvalue weighted by molar-refractivity contribution is 6.15. The maximum absolute atomic E-state index is 13.9. The zero-order chi connectivity index (χ0) is 27.0. The standard InChI is InChI=1S/C26H17F5O6/c1-11-8-14(36-26(33)12(2)35-25-22(30)20(28)19(27)21(29)23(25)31)10-16-18(11)24(32)17(37-16)9-13-6-4-5-7-15(13)34-3/h4-10,12H,1-3H3/b17-9-. The van der Waals surface area contributed by atoms with Gasteiger partial charge in [-0.15, -0.1) is 0 Å². The molecule has 1 atom stereocenters. The Morgan fingerprint density at radius 2 is 1.59 bits per heavy atom. The minimum Gasteiger partial charge on any atom is -0.496 e. The summed E-state index contributed by atoms with van der Waals surface area (Å²) in [5.74, 6) is -14.0. The van der Waals surface area contributed by atoms with E-state index in [2.05, 4.69) is 0 Å². The fraction of sp³-hybridized carbons (Fsp3) is 0.154. The highest BCUT2D eigenvalue weighted by Gasteiger charge is 2.32. The number of fused-ring (bicyclic) bond motifs is 1. The van der Waals surface area contributed by atoms with Gasteiger partial charge in [0.15, 0.2) is 17.6 Å². The van der Waals surface area contributed by atoms with Crippen LogP contribution in [0.15, 0.2) is 42.2 Å². The van der Waals surface area contributed by atoms with Crippen LogP contribution in [0.4, 0.5) is 22.0 Å². The fourth-order valence-corrected chi connectivity index (χ4v) is 3.58. The van der Waals surface area contributed by atoms with Crippen molar-refractivity contribution in [1.29, 1.82) is 0 Å². The molecule has 3 aromatic rings. The fourth-order valence-electron chi connectivity index (χ4n) is 3.58. The molecule has 0 saturated carbocycles. The Hall–Kier alpha value is -4.41. The maximum Gasteiger partial charge on any atom is 0.352 e. The number of ketones is 1. The van der Waals surface area contributed by atoms with E-state index in [1.807, 2.05) is 0 Å². The van der Waals surface area contributed by atoms with Crippen LogP contribution < -0.4 is 18.9 Å². The van der Waals surface area contributed by atoms with Gasteiger partial charge in [-0.05, 0) is 37.6 Å². The molecule has 1 heterocycles. The summed E-state index contributed by atoms with van der Waals surface area (Å²) in [4.78, 5) is 25.3. The third kappa shape index (κ3) is 4.72. The van der Waals surface area contributed by atoms with Gasteiger partial charge < -0.3 is 18.9 Å². The second kappa shape index (κ2) is 9.92. The molecule has 6 nitrogen and oxygen atoms in total. The number of hydrogen-bond acceptors (Lipinski definition) is 6. The summed E-state index contributed by atoms with van der Waals surface area (Å²) in [6.45, 7) is 2.56. The van der Waals surface area contributed by atoms with Gasteiger partial charge in [0.1, 0.15) is 17.2 Å². The largest absolute Gasteiger partial charge is 0.496 e. The summed E-state index contributed by atoms with van der Waals surface area (Å²) >= 11 is 0. The predicted molar refractivity (Wildman–Crippen MR) is 119 cm³/mol. The van der Waals surface area contributed by atoms with E-state index >= 15 is 0 Å². The van der Waals surface area contributed by atoms with Crippen molar-refractivity contribution >= 4 is 17.8 Å². The molecule has 1 aliphatic rings. The van der Waals surface area contributed by atoms with Crippen LogP contribution in [0, 0.1) is 36.0 Å². The van der Waals surface area contributed by atoms with Gasteiger partial charge in [0.05, 0.1) is 12.7 Å². The molecular formula is C26H17F5O6. The molecule has 37 heavy (non-hydrogen) atoms. The molecule has 0 spiro atoms. The number of benzene rings is 3. The molecule has 0 radical (unpaired) electrons. The van der Waals surface area contributed by atoms with Crippen LogP contribution in [0.3, 0.4) is 0 Å². The van der Waals surface area contributed by atoms with E-state index in [-0.39, 0.29) is 22.8 Å². The lowest BCUT2D eigenvalue weighted by Gasteiger charge is -2.16. The molecule has 0 aliphatic carbocycles. The number of esters is 1. The predicted octanol–water partition coefficient (Wildman–Crippen LogP) is 5.69.